The molecular weight excluding hydrogens is 290 g/mol. The molecule has 0 unspecified atom stereocenters. The summed E-state index contributed by atoms with van der Waals surface area (Å²) in [7, 11) is 0. The van der Waals surface area contributed by atoms with Gasteiger partial charge in [-0.1, -0.05) is 17.7 Å². The van der Waals surface area contributed by atoms with Gasteiger partial charge in [0.1, 0.15) is 11.0 Å². The zero-order valence-corrected chi connectivity index (χ0v) is 11.8. The van der Waals surface area contributed by atoms with Crippen molar-refractivity contribution in [1.29, 1.82) is 0 Å². The molecule has 2 amide bonds. The number of halogens is 1. The fourth-order valence-electron chi connectivity index (χ4n) is 2.19. The second kappa shape index (κ2) is 5.54. The van der Waals surface area contributed by atoms with Gasteiger partial charge in [-0.05, 0) is 42.3 Å². The molecule has 0 radical (unpaired) electrons. The first-order chi connectivity index (χ1) is 10.1. The van der Waals surface area contributed by atoms with Gasteiger partial charge in [-0.15, -0.1) is 0 Å². The molecule has 2 aromatic rings. The number of amides is 2. The Hall–Kier alpha value is -2.40. The van der Waals surface area contributed by atoms with Crippen LogP contribution < -0.4 is 10.6 Å². The Balaban J connectivity index is 1.81. The van der Waals surface area contributed by atoms with Crippen LogP contribution in [0.4, 0.5) is 11.5 Å². The Bertz CT molecular complexity index is 731. The van der Waals surface area contributed by atoms with Crippen LogP contribution in [0, 0.1) is 0 Å². The number of nitrogens with zero attached hydrogens (tertiary/aromatic N) is 1. The lowest BCUT2D eigenvalue weighted by atomic mass is 10.00. The van der Waals surface area contributed by atoms with Gasteiger partial charge in [-0.3, -0.25) is 9.59 Å². The van der Waals surface area contributed by atoms with Gasteiger partial charge in [0.05, 0.1) is 0 Å². The van der Waals surface area contributed by atoms with Crippen molar-refractivity contribution in [2.24, 2.45) is 0 Å². The average Bonchev–Trinajstić information content (AvgIpc) is 2.46. The highest BCUT2D eigenvalue weighted by molar-refractivity contribution is 6.29. The predicted octanol–water partition coefficient (Wildman–Crippen LogP) is 2.87. The highest BCUT2D eigenvalue weighted by Crippen LogP contribution is 2.24. The van der Waals surface area contributed by atoms with E-state index in [9.17, 15) is 9.59 Å². The molecule has 0 atom stereocenters. The summed E-state index contributed by atoms with van der Waals surface area (Å²) >= 11 is 5.78. The third kappa shape index (κ3) is 3.03. The van der Waals surface area contributed by atoms with Crippen LogP contribution in [0.3, 0.4) is 0 Å². The summed E-state index contributed by atoms with van der Waals surface area (Å²) in [5, 5.41) is 5.80. The van der Waals surface area contributed by atoms with E-state index in [4.69, 9.17) is 11.6 Å². The van der Waals surface area contributed by atoms with Crippen molar-refractivity contribution in [2.45, 2.75) is 12.8 Å². The van der Waals surface area contributed by atoms with Gasteiger partial charge < -0.3 is 10.6 Å². The molecule has 1 aliphatic rings. The lowest BCUT2D eigenvalue weighted by Crippen LogP contribution is -2.20. The molecule has 6 heteroatoms. The molecule has 106 valence electrons. The van der Waals surface area contributed by atoms with Crippen LogP contribution in [0.1, 0.15) is 22.3 Å². The second-order valence-electron chi connectivity index (χ2n) is 4.72. The van der Waals surface area contributed by atoms with E-state index in [1.165, 1.54) is 0 Å². The molecule has 0 fully saturated rings. The highest BCUT2D eigenvalue weighted by Gasteiger charge is 2.16. The lowest BCUT2D eigenvalue weighted by molar-refractivity contribution is -0.116. The smallest absolute Gasteiger partial charge is 0.256 e. The average molecular weight is 302 g/mol. The van der Waals surface area contributed by atoms with Gasteiger partial charge in [0.25, 0.3) is 5.91 Å². The summed E-state index contributed by atoms with van der Waals surface area (Å²) in [5.41, 5.74) is 2.25. The Morgan fingerprint density at radius 2 is 2.10 bits per heavy atom. The van der Waals surface area contributed by atoms with Crippen molar-refractivity contribution in [2.75, 3.05) is 10.6 Å². The summed E-state index contributed by atoms with van der Waals surface area (Å²) in [6.07, 6.45) is 1.08. The third-order valence-electron chi connectivity index (χ3n) is 3.22. The molecule has 1 aromatic carbocycles. The number of nitrogens with one attached hydrogen (secondary N) is 2. The van der Waals surface area contributed by atoms with Crippen LogP contribution in [0.15, 0.2) is 36.4 Å². The van der Waals surface area contributed by atoms with Gasteiger partial charge in [0.2, 0.25) is 5.91 Å². The van der Waals surface area contributed by atoms with Crippen molar-refractivity contribution < 1.29 is 9.59 Å². The fourth-order valence-corrected chi connectivity index (χ4v) is 2.35. The second-order valence-corrected chi connectivity index (χ2v) is 5.11. The van der Waals surface area contributed by atoms with E-state index in [2.05, 4.69) is 15.6 Å². The first-order valence-corrected chi connectivity index (χ1v) is 6.86. The van der Waals surface area contributed by atoms with E-state index >= 15 is 0 Å². The molecule has 0 aliphatic carbocycles. The van der Waals surface area contributed by atoms with Gasteiger partial charge in [0, 0.05) is 17.7 Å². The molecule has 2 heterocycles. The molecule has 0 saturated heterocycles. The molecule has 1 aliphatic heterocycles. The number of aryl methyl sites for hydroxylation is 1. The van der Waals surface area contributed by atoms with E-state index in [1.807, 2.05) is 0 Å². The number of carbonyl (C=O) groups excluding carboxylic acids is 2. The molecule has 3 rings (SSSR count). The van der Waals surface area contributed by atoms with E-state index in [1.54, 1.807) is 36.4 Å². The molecule has 21 heavy (non-hydrogen) atoms. The minimum absolute atomic E-state index is 0.00262. The van der Waals surface area contributed by atoms with E-state index in [-0.39, 0.29) is 11.8 Å². The quantitative estimate of drug-likeness (QED) is 0.838. The van der Waals surface area contributed by atoms with Crippen LogP contribution in [0.2, 0.25) is 5.15 Å². The number of aromatic nitrogens is 1. The first kappa shape index (κ1) is 13.6. The standard InChI is InChI=1S/C15H12ClN3O2/c16-12-2-1-3-13(18-12)19-15(21)10-4-6-11-9(8-10)5-7-14(20)17-11/h1-4,6,8H,5,7H2,(H,17,20)(H,18,19,21). The normalized spacial score (nSPS) is 13.3. The molecule has 2 N–H and O–H groups in total. The van der Waals surface area contributed by atoms with Gasteiger partial charge >= 0.3 is 0 Å². The fraction of sp³-hybridized carbons (Fsp3) is 0.133. The molecule has 1 aromatic heterocycles. The molecule has 0 saturated carbocycles. The SMILES string of the molecule is O=C1CCc2cc(C(=O)Nc3cccc(Cl)n3)ccc2N1. The zero-order valence-electron chi connectivity index (χ0n) is 11.0. The minimum Gasteiger partial charge on any atom is -0.326 e. The Kier molecular flexibility index (Phi) is 3.58. The summed E-state index contributed by atoms with van der Waals surface area (Å²) < 4.78 is 0. The van der Waals surface area contributed by atoms with Crippen LogP contribution >= 0.6 is 11.6 Å². The number of hydrogen-bond acceptors (Lipinski definition) is 3. The maximum absolute atomic E-state index is 12.2. The number of rotatable bonds is 2. The van der Waals surface area contributed by atoms with Gasteiger partial charge in [0.15, 0.2) is 0 Å². The third-order valence-corrected chi connectivity index (χ3v) is 3.43. The predicted molar refractivity (Wildman–Crippen MR) is 80.6 cm³/mol. The molecule has 0 bridgehead atoms. The summed E-state index contributed by atoms with van der Waals surface area (Å²) in [6, 6.07) is 10.2. The van der Waals surface area contributed by atoms with Crippen molar-refractivity contribution in [3.63, 3.8) is 0 Å². The van der Waals surface area contributed by atoms with Crippen LogP contribution in [-0.4, -0.2) is 16.8 Å². The maximum atomic E-state index is 12.2. The van der Waals surface area contributed by atoms with E-state index < -0.39 is 0 Å². The van der Waals surface area contributed by atoms with Crippen LogP contribution in [0.25, 0.3) is 0 Å². The largest absolute Gasteiger partial charge is 0.326 e. The number of anilines is 2. The lowest BCUT2D eigenvalue weighted by Gasteiger charge is -2.17. The highest BCUT2D eigenvalue weighted by atomic mass is 35.5. The van der Waals surface area contributed by atoms with Crippen LogP contribution in [-0.2, 0) is 11.2 Å². The minimum atomic E-state index is -0.260. The number of benzene rings is 1. The van der Waals surface area contributed by atoms with Gasteiger partial charge in [-0.25, -0.2) is 4.98 Å². The van der Waals surface area contributed by atoms with Crippen LogP contribution in [0.5, 0.6) is 0 Å². The van der Waals surface area contributed by atoms with Crippen molar-refractivity contribution >= 4 is 34.9 Å². The Labute approximate surface area is 126 Å². The first-order valence-electron chi connectivity index (χ1n) is 6.48. The van der Waals surface area contributed by atoms with Gasteiger partial charge in [-0.2, -0.15) is 0 Å². The Morgan fingerprint density at radius 3 is 2.90 bits per heavy atom. The summed E-state index contributed by atoms with van der Waals surface area (Å²) in [6.45, 7) is 0. The van der Waals surface area contributed by atoms with Crippen molar-refractivity contribution in [3.8, 4) is 0 Å². The summed E-state index contributed by atoms with van der Waals surface area (Å²) in [5.74, 6) is 0.144. The number of fused-ring (bicyclic) bond motifs is 1. The topological polar surface area (TPSA) is 71.1 Å². The number of pyridine rings is 1. The summed E-state index contributed by atoms with van der Waals surface area (Å²) in [4.78, 5) is 27.5. The van der Waals surface area contributed by atoms with Crippen molar-refractivity contribution in [1.82, 2.24) is 4.98 Å². The Morgan fingerprint density at radius 1 is 1.24 bits per heavy atom. The molecule has 0 spiro atoms. The van der Waals surface area contributed by atoms with Crippen molar-refractivity contribution in [3.05, 3.63) is 52.7 Å². The maximum Gasteiger partial charge on any atom is 0.256 e. The molecular formula is C15H12ClN3O2. The zero-order chi connectivity index (χ0) is 14.8. The van der Waals surface area contributed by atoms with E-state index in [0.29, 0.717) is 29.4 Å². The monoisotopic (exact) mass is 301 g/mol. The van der Waals surface area contributed by atoms with E-state index in [0.717, 1.165) is 11.3 Å². The number of carbonyl (C=O) groups is 2. The number of hydrogen-bond donors (Lipinski definition) is 2. The molecule has 5 nitrogen and oxygen atoms in total.